The maximum atomic E-state index is 6.57. The molecule has 0 aromatic rings. The van der Waals surface area contributed by atoms with Gasteiger partial charge < -0.3 is 0 Å². The van der Waals surface area contributed by atoms with E-state index in [0.29, 0.717) is 4.83 Å². The van der Waals surface area contributed by atoms with Gasteiger partial charge in [0, 0.05) is 10.2 Å². The van der Waals surface area contributed by atoms with E-state index < -0.39 is 0 Å². The maximum absolute atomic E-state index is 6.57. The smallest absolute Gasteiger partial charge is 0.0544 e. The third-order valence-electron chi connectivity index (χ3n) is 5.03. The standard InChI is InChI=1S/C15H22BrCl/c1-11-6-5-7-13(2,3)15(11)9-8-14(4,17)12(16)10-15/h5,7,12H,1,6,8-10H2,2-4H3/t12-,14-,15-/m1/s1. The third kappa shape index (κ3) is 2.04. The van der Waals surface area contributed by atoms with Crippen LogP contribution in [0.4, 0.5) is 0 Å². The molecular formula is C15H22BrCl. The van der Waals surface area contributed by atoms with Crippen LogP contribution in [0.15, 0.2) is 24.3 Å². The van der Waals surface area contributed by atoms with Gasteiger partial charge >= 0.3 is 0 Å². The second-order valence-electron chi connectivity index (χ2n) is 6.46. The van der Waals surface area contributed by atoms with Gasteiger partial charge in [-0.1, -0.05) is 54.1 Å². The summed E-state index contributed by atoms with van der Waals surface area (Å²) in [7, 11) is 0. The van der Waals surface area contributed by atoms with E-state index in [4.69, 9.17) is 11.6 Å². The molecule has 0 amide bonds. The van der Waals surface area contributed by atoms with Gasteiger partial charge in [-0.3, -0.25) is 0 Å². The van der Waals surface area contributed by atoms with Crippen molar-refractivity contribution >= 4 is 27.5 Å². The Balaban J connectivity index is 2.37. The van der Waals surface area contributed by atoms with Crippen molar-refractivity contribution in [2.75, 3.05) is 0 Å². The summed E-state index contributed by atoms with van der Waals surface area (Å²) in [5, 5.41) is 0. The van der Waals surface area contributed by atoms with Crippen LogP contribution in [0, 0.1) is 10.8 Å². The molecule has 1 spiro atoms. The summed E-state index contributed by atoms with van der Waals surface area (Å²) in [6.45, 7) is 11.2. The second kappa shape index (κ2) is 4.13. The first-order chi connectivity index (χ1) is 7.71. The lowest BCUT2D eigenvalue weighted by molar-refractivity contribution is 0.0894. The Hall–Kier alpha value is 0.250. The summed E-state index contributed by atoms with van der Waals surface area (Å²) >= 11 is 10.4. The Kier molecular flexibility index (Phi) is 3.32. The number of alkyl halides is 2. The minimum absolute atomic E-state index is 0.108. The van der Waals surface area contributed by atoms with E-state index in [9.17, 15) is 0 Å². The van der Waals surface area contributed by atoms with Crippen molar-refractivity contribution in [2.24, 2.45) is 10.8 Å². The molecule has 0 N–H and O–H groups in total. The zero-order valence-corrected chi connectivity index (χ0v) is 13.4. The molecule has 1 saturated carbocycles. The molecule has 0 radical (unpaired) electrons. The van der Waals surface area contributed by atoms with E-state index >= 15 is 0 Å². The molecule has 0 saturated heterocycles. The summed E-state index contributed by atoms with van der Waals surface area (Å²) in [5.74, 6) is 0. The van der Waals surface area contributed by atoms with Crippen LogP contribution in [-0.4, -0.2) is 9.70 Å². The summed E-state index contributed by atoms with van der Waals surface area (Å²) in [4.78, 5) is 0.260. The van der Waals surface area contributed by atoms with E-state index in [1.807, 2.05) is 0 Å². The zero-order valence-electron chi connectivity index (χ0n) is 11.0. The highest BCUT2D eigenvalue weighted by Gasteiger charge is 2.53. The van der Waals surface area contributed by atoms with Crippen molar-refractivity contribution in [3.05, 3.63) is 24.3 Å². The van der Waals surface area contributed by atoms with Crippen LogP contribution in [-0.2, 0) is 0 Å². The predicted octanol–water partition coefficient (Wildman–Crippen LogP) is 5.46. The van der Waals surface area contributed by atoms with Gasteiger partial charge in [0.2, 0.25) is 0 Å². The van der Waals surface area contributed by atoms with Crippen molar-refractivity contribution in [1.29, 1.82) is 0 Å². The maximum Gasteiger partial charge on any atom is 0.0544 e. The summed E-state index contributed by atoms with van der Waals surface area (Å²) < 4.78 is 0. The van der Waals surface area contributed by atoms with E-state index in [2.05, 4.69) is 55.4 Å². The van der Waals surface area contributed by atoms with Gasteiger partial charge in [-0.15, -0.1) is 11.6 Å². The molecule has 0 bridgehead atoms. The molecule has 2 heteroatoms. The lowest BCUT2D eigenvalue weighted by atomic mass is 9.52. The fourth-order valence-electron chi connectivity index (χ4n) is 3.45. The Morgan fingerprint density at radius 1 is 1.35 bits per heavy atom. The van der Waals surface area contributed by atoms with E-state index in [-0.39, 0.29) is 15.7 Å². The number of hydrogen-bond acceptors (Lipinski definition) is 0. The summed E-state index contributed by atoms with van der Waals surface area (Å²) in [6, 6.07) is 0. The highest BCUT2D eigenvalue weighted by molar-refractivity contribution is 9.09. The van der Waals surface area contributed by atoms with E-state index in [1.165, 1.54) is 5.57 Å². The first-order valence-electron chi connectivity index (χ1n) is 6.40. The molecule has 0 heterocycles. The summed E-state index contributed by atoms with van der Waals surface area (Å²) in [5.41, 5.74) is 1.81. The van der Waals surface area contributed by atoms with Crippen molar-refractivity contribution in [3.63, 3.8) is 0 Å². The van der Waals surface area contributed by atoms with Gasteiger partial charge in [0.15, 0.2) is 0 Å². The minimum Gasteiger partial charge on any atom is -0.118 e. The van der Waals surface area contributed by atoms with Gasteiger partial charge in [-0.25, -0.2) is 0 Å². The fraction of sp³-hybridized carbons (Fsp3) is 0.733. The van der Waals surface area contributed by atoms with Crippen molar-refractivity contribution in [3.8, 4) is 0 Å². The number of rotatable bonds is 0. The largest absolute Gasteiger partial charge is 0.118 e. The van der Waals surface area contributed by atoms with Gasteiger partial charge in [0.1, 0.15) is 0 Å². The first-order valence-corrected chi connectivity index (χ1v) is 7.70. The molecule has 0 aliphatic heterocycles. The number of allylic oxidation sites excluding steroid dienone is 3. The lowest BCUT2D eigenvalue weighted by Gasteiger charge is -2.55. The Morgan fingerprint density at radius 2 is 2.00 bits per heavy atom. The molecule has 3 atom stereocenters. The monoisotopic (exact) mass is 316 g/mol. The molecule has 2 aliphatic rings. The highest BCUT2D eigenvalue weighted by Crippen LogP contribution is 2.61. The molecule has 2 rings (SSSR count). The molecule has 96 valence electrons. The van der Waals surface area contributed by atoms with Gasteiger partial charge in [-0.2, -0.15) is 0 Å². The van der Waals surface area contributed by atoms with E-state index in [1.54, 1.807) is 0 Å². The van der Waals surface area contributed by atoms with Crippen LogP contribution in [0.5, 0.6) is 0 Å². The highest BCUT2D eigenvalue weighted by atomic mass is 79.9. The Labute approximate surface area is 119 Å². The SMILES string of the molecule is C=C1CC=CC(C)(C)[C@@]12CC[C@@](C)(Cl)[C@H](Br)C2. The average molecular weight is 318 g/mol. The molecule has 1 fully saturated rings. The van der Waals surface area contributed by atoms with Crippen LogP contribution in [0.25, 0.3) is 0 Å². The van der Waals surface area contributed by atoms with Crippen molar-refractivity contribution in [2.45, 2.75) is 56.2 Å². The topological polar surface area (TPSA) is 0 Å². The third-order valence-corrected chi connectivity index (χ3v) is 7.08. The molecule has 0 aromatic carbocycles. The Bertz CT molecular complexity index is 367. The first kappa shape index (κ1) is 13.7. The lowest BCUT2D eigenvalue weighted by Crippen LogP contribution is -2.50. The quantitative estimate of drug-likeness (QED) is 0.411. The van der Waals surface area contributed by atoms with Gasteiger partial charge in [-0.05, 0) is 38.0 Å². The molecule has 0 aromatic heterocycles. The van der Waals surface area contributed by atoms with Gasteiger partial charge in [0.25, 0.3) is 0 Å². The molecule has 17 heavy (non-hydrogen) atoms. The van der Waals surface area contributed by atoms with Crippen molar-refractivity contribution < 1.29 is 0 Å². The fourth-order valence-corrected chi connectivity index (χ4v) is 4.40. The molecule has 0 nitrogen and oxygen atoms in total. The Morgan fingerprint density at radius 3 is 2.53 bits per heavy atom. The molecular weight excluding hydrogens is 296 g/mol. The zero-order chi connectivity index (χ0) is 12.9. The molecule has 0 unspecified atom stereocenters. The normalized spacial score (nSPS) is 45.2. The van der Waals surface area contributed by atoms with Gasteiger partial charge in [0.05, 0.1) is 4.87 Å². The number of hydrogen-bond donors (Lipinski definition) is 0. The van der Waals surface area contributed by atoms with Crippen LogP contribution in [0.1, 0.15) is 46.5 Å². The van der Waals surface area contributed by atoms with Crippen LogP contribution in [0.3, 0.4) is 0 Å². The molecule has 2 aliphatic carbocycles. The predicted molar refractivity (Wildman–Crippen MR) is 79.9 cm³/mol. The van der Waals surface area contributed by atoms with Crippen LogP contribution >= 0.6 is 27.5 Å². The van der Waals surface area contributed by atoms with Crippen molar-refractivity contribution in [1.82, 2.24) is 0 Å². The van der Waals surface area contributed by atoms with Crippen LogP contribution < -0.4 is 0 Å². The second-order valence-corrected chi connectivity index (χ2v) is 8.43. The van der Waals surface area contributed by atoms with E-state index in [0.717, 1.165) is 25.7 Å². The number of halogens is 2. The minimum atomic E-state index is -0.108. The average Bonchev–Trinajstić information content (AvgIpc) is 2.20. The summed E-state index contributed by atoms with van der Waals surface area (Å²) in [6.07, 6.45) is 8.99. The van der Waals surface area contributed by atoms with Crippen LogP contribution in [0.2, 0.25) is 0 Å².